The minimum Gasteiger partial charge on any atom is -0.361 e. The summed E-state index contributed by atoms with van der Waals surface area (Å²) >= 11 is 0. The molecule has 5 heteroatoms. The number of H-pyrrole nitrogens is 1. The van der Waals surface area contributed by atoms with Gasteiger partial charge in [-0.2, -0.15) is 0 Å². The Balaban J connectivity index is 1.61. The van der Waals surface area contributed by atoms with Crippen LogP contribution >= 0.6 is 0 Å². The summed E-state index contributed by atoms with van der Waals surface area (Å²) in [5.41, 5.74) is 1.17. The number of nitrogens with zero attached hydrogens (tertiary/aromatic N) is 2. The van der Waals surface area contributed by atoms with Gasteiger partial charge in [-0.1, -0.05) is 30.3 Å². The van der Waals surface area contributed by atoms with Crippen LogP contribution in [-0.2, 0) is 6.54 Å². The molecule has 2 N–H and O–H groups in total. The first-order valence-corrected chi connectivity index (χ1v) is 7.38. The molecule has 0 aliphatic carbocycles. The number of hydrogen-bond acceptors (Lipinski definition) is 4. The second-order valence-electron chi connectivity index (χ2n) is 5.47. The maximum absolute atomic E-state index is 11.7. The van der Waals surface area contributed by atoms with Crippen molar-refractivity contribution in [3.05, 3.63) is 58.6 Å². The van der Waals surface area contributed by atoms with Crippen molar-refractivity contribution < 1.29 is 0 Å². The number of aromatic nitrogens is 2. The Morgan fingerprint density at radius 1 is 1.33 bits per heavy atom. The van der Waals surface area contributed by atoms with Gasteiger partial charge in [-0.25, -0.2) is 4.98 Å². The van der Waals surface area contributed by atoms with Gasteiger partial charge in [-0.05, 0) is 24.9 Å². The molecule has 1 unspecified atom stereocenters. The van der Waals surface area contributed by atoms with Crippen LogP contribution in [0.5, 0.6) is 0 Å². The third-order valence-corrected chi connectivity index (χ3v) is 3.80. The van der Waals surface area contributed by atoms with E-state index >= 15 is 0 Å². The number of hydrogen-bond donors (Lipinski definition) is 2. The number of nitrogens with one attached hydrogen (secondary N) is 2. The molecule has 0 spiro atoms. The van der Waals surface area contributed by atoms with Crippen molar-refractivity contribution in [1.29, 1.82) is 0 Å². The van der Waals surface area contributed by atoms with Crippen LogP contribution in [-0.4, -0.2) is 34.0 Å². The van der Waals surface area contributed by atoms with E-state index in [4.69, 9.17) is 0 Å². The number of rotatable bonds is 4. The first kappa shape index (κ1) is 13.8. The SMILES string of the molecule is O=c1[nH]ccnc1NC1CCCN(Cc2ccccc2)C1. The zero-order valence-corrected chi connectivity index (χ0v) is 12.0. The second kappa shape index (κ2) is 6.54. The average molecular weight is 284 g/mol. The van der Waals surface area contributed by atoms with Crippen LogP contribution < -0.4 is 10.9 Å². The van der Waals surface area contributed by atoms with Crippen molar-refractivity contribution in [2.75, 3.05) is 18.4 Å². The van der Waals surface area contributed by atoms with E-state index in [1.54, 1.807) is 12.4 Å². The minimum atomic E-state index is -0.155. The molecule has 1 aromatic heterocycles. The van der Waals surface area contributed by atoms with Gasteiger partial charge in [0.2, 0.25) is 0 Å². The van der Waals surface area contributed by atoms with Crippen LogP contribution in [0.2, 0.25) is 0 Å². The van der Waals surface area contributed by atoms with E-state index in [1.807, 2.05) is 6.07 Å². The van der Waals surface area contributed by atoms with Gasteiger partial charge in [-0.3, -0.25) is 9.69 Å². The van der Waals surface area contributed by atoms with Gasteiger partial charge in [0.15, 0.2) is 5.82 Å². The number of piperidine rings is 1. The molecule has 0 bridgehead atoms. The highest BCUT2D eigenvalue weighted by Crippen LogP contribution is 2.15. The molecule has 2 heterocycles. The zero-order valence-electron chi connectivity index (χ0n) is 12.0. The molecule has 1 aliphatic heterocycles. The molecule has 110 valence electrons. The summed E-state index contributed by atoms with van der Waals surface area (Å²) < 4.78 is 0. The van der Waals surface area contributed by atoms with Gasteiger partial charge in [0.05, 0.1) is 0 Å². The summed E-state index contributed by atoms with van der Waals surface area (Å²) in [5, 5.41) is 3.27. The van der Waals surface area contributed by atoms with E-state index in [2.05, 4.69) is 44.5 Å². The van der Waals surface area contributed by atoms with E-state index in [0.717, 1.165) is 32.5 Å². The lowest BCUT2D eigenvalue weighted by Crippen LogP contribution is -2.42. The van der Waals surface area contributed by atoms with Crippen molar-refractivity contribution in [2.24, 2.45) is 0 Å². The highest BCUT2D eigenvalue weighted by atomic mass is 16.1. The first-order chi connectivity index (χ1) is 10.3. The monoisotopic (exact) mass is 284 g/mol. The standard InChI is InChI=1S/C16H20N4O/c21-16-15(17-8-9-18-16)19-14-7-4-10-20(12-14)11-13-5-2-1-3-6-13/h1-3,5-6,8-9,14H,4,7,10-12H2,(H,17,19)(H,18,21). The molecule has 1 saturated heterocycles. The van der Waals surface area contributed by atoms with Crippen LogP contribution in [0.1, 0.15) is 18.4 Å². The lowest BCUT2D eigenvalue weighted by atomic mass is 10.0. The average Bonchev–Trinajstić information content (AvgIpc) is 2.51. The quantitative estimate of drug-likeness (QED) is 0.899. The van der Waals surface area contributed by atoms with Crippen LogP contribution in [0.25, 0.3) is 0 Å². The normalized spacial score (nSPS) is 19.3. The molecule has 2 aromatic rings. The third-order valence-electron chi connectivity index (χ3n) is 3.80. The van der Waals surface area contributed by atoms with Gasteiger partial charge in [-0.15, -0.1) is 0 Å². The Kier molecular flexibility index (Phi) is 4.31. The summed E-state index contributed by atoms with van der Waals surface area (Å²) in [6.45, 7) is 2.99. The fraction of sp³-hybridized carbons (Fsp3) is 0.375. The van der Waals surface area contributed by atoms with Crippen LogP contribution in [0.4, 0.5) is 5.82 Å². The Morgan fingerprint density at radius 2 is 2.19 bits per heavy atom. The summed E-state index contributed by atoms with van der Waals surface area (Å²) in [7, 11) is 0. The maximum Gasteiger partial charge on any atom is 0.290 e. The predicted molar refractivity (Wildman–Crippen MR) is 83.2 cm³/mol. The lowest BCUT2D eigenvalue weighted by Gasteiger charge is -2.33. The summed E-state index contributed by atoms with van der Waals surface area (Å²) in [5.74, 6) is 0.420. The molecule has 3 rings (SSSR count). The Labute approximate surface area is 124 Å². The van der Waals surface area contributed by atoms with E-state index in [9.17, 15) is 4.79 Å². The van der Waals surface area contributed by atoms with Gasteiger partial charge >= 0.3 is 0 Å². The molecule has 5 nitrogen and oxygen atoms in total. The predicted octanol–water partition coefficient (Wildman–Crippen LogP) is 1.85. The first-order valence-electron chi connectivity index (χ1n) is 7.38. The fourth-order valence-corrected chi connectivity index (χ4v) is 2.81. The minimum absolute atomic E-state index is 0.155. The molecule has 1 aliphatic rings. The van der Waals surface area contributed by atoms with Gasteiger partial charge in [0, 0.05) is 31.5 Å². The Bertz CT molecular complexity index is 625. The Hall–Kier alpha value is -2.14. The molecular formula is C16H20N4O. The number of likely N-dealkylation sites (tertiary alicyclic amines) is 1. The number of aromatic amines is 1. The van der Waals surface area contributed by atoms with Crippen molar-refractivity contribution in [2.45, 2.75) is 25.4 Å². The summed E-state index contributed by atoms with van der Waals surface area (Å²) in [6.07, 6.45) is 5.36. The van der Waals surface area contributed by atoms with E-state index in [-0.39, 0.29) is 11.6 Å². The molecule has 1 aromatic carbocycles. The molecule has 21 heavy (non-hydrogen) atoms. The third kappa shape index (κ3) is 3.70. The van der Waals surface area contributed by atoms with Crippen LogP contribution in [0.15, 0.2) is 47.5 Å². The number of benzene rings is 1. The topological polar surface area (TPSA) is 61.0 Å². The maximum atomic E-state index is 11.7. The zero-order chi connectivity index (χ0) is 14.5. The van der Waals surface area contributed by atoms with Crippen molar-refractivity contribution in [3.63, 3.8) is 0 Å². The van der Waals surface area contributed by atoms with Gasteiger partial charge < -0.3 is 10.3 Å². The van der Waals surface area contributed by atoms with Crippen LogP contribution in [0, 0.1) is 0 Å². The van der Waals surface area contributed by atoms with Gasteiger partial charge in [0.25, 0.3) is 5.56 Å². The highest BCUT2D eigenvalue weighted by molar-refractivity contribution is 5.32. The molecule has 0 radical (unpaired) electrons. The Morgan fingerprint density at radius 3 is 3.00 bits per heavy atom. The fourth-order valence-electron chi connectivity index (χ4n) is 2.81. The second-order valence-corrected chi connectivity index (χ2v) is 5.47. The van der Waals surface area contributed by atoms with Crippen molar-refractivity contribution in [3.8, 4) is 0 Å². The van der Waals surface area contributed by atoms with E-state index in [0.29, 0.717) is 5.82 Å². The smallest absolute Gasteiger partial charge is 0.290 e. The molecule has 0 saturated carbocycles. The lowest BCUT2D eigenvalue weighted by molar-refractivity contribution is 0.208. The summed E-state index contributed by atoms with van der Waals surface area (Å²) in [4.78, 5) is 20.8. The molecule has 1 atom stereocenters. The largest absolute Gasteiger partial charge is 0.361 e. The highest BCUT2D eigenvalue weighted by Gasteiger charge is 2.20. The molecular weight excluding hydrogens is 264 g/mol. The molecule has 0 amide bonds. The molecule has 1 fully saturated rings. The van der Waals surface area contributed by atoms with Crippen LogP contribution in [0.3, 0.4) is 0 Å². The van der Waals surface area contributed by atoms with Crippen molar-refractivity contribution in [1.82, 2.24) is 14.9 Å². The van der Waals surface area contributed by atoms with E-state index < -0.39 is 0 Å². The summed E-state index contributed by atoms with van der Waals surface area (Å²) in [6, 6.07) is 10.8. The van der Waals surface area contributed by atoms with E-state index in [1.165, 1.54) is 5.56 Å². The number of anilines is 1. The van der Waals surface area contributed by atoms with Gasteiger partial charge in [0.1, 0.15) is 0 Å². The van der Waals surface area contributed by atoms with Crippen molar-refractivity contribution >= 4 is 5.82 Å².